The van der Waals surface area contributed by atoms with E-state index in [2.05, 4.69) is 0 Å². The Hall–Kier alpha value is -1.51. The van der Waals surface area contributed by atoms with E-state index in [1.807, 2.05) is 0 Å². The van der Waals surface area contributed by atoms with Gasteiger partial charge < -0.3 is 74.0 Å². The van der Waals surface area contributed by atoms with Gasteiger partial charge in [-0.25, -0.2) is 4.79 Å². The Balaban J connectivity index is 1.28. The molecule has 4 fully saturated rings. The Morgan fingerprint density at radius 1 is 0.872 bits per heavy atom. The molecular weight excluding hydrogens is 532 g/mol. The van der Waals surface area contributed by atoms with Crippen molar-refractivity contribution in [2.45, 2.75) is 92.4 Å². The SMILES string of the molecule is COC(=O)C1=CO[C@@H](OC2O[C@H](CO[C@@H]3O[C@H](CO)C(O)[C@H](O)C3O)C(O)[C@H](O)C2O)[C@H]2[C@@H]1[C@H](O)[C@@H]1O[C@]21C. The van der Waals surface area contributed by atoms with Crippen molar-refractivity contribution in [3.8, 4) is 0 Å². The lowest BCUT2D eigenvalue weighted by atomic mass is 9.81. The largest absolute Gasteiger partial charge is 0.471 e. The number of fused-ring (bicyclic) bond motifs is 3. The molecule has 0 spiro atoms. The van der Waals surface area contributed by atoms with Crippen molar-refractivity contribution < 1.29 is 78.8 Å². The second-order valence-corrected chi connectivity index (χ2v) is 10.5. The number of aliphatic hydroxyl groups is 8. The highest BCUT2D eigenvalue weighted by atomic mass is 16.8. The van der Waals surface area contributed by atoms with Gasteiger partial charge in [-0.1, -0.05) is 0 Å². The minimum Gasteiger partial charge on any atom is -0.471 e. The second kappa shape index (κ2) is 10.7. The van der Waals surface area contributed by atoms with E-state index in [0.717, 1.165) is 6.26 Å². The summed E-state index contributed by atoms with van der Waals surface area (Å²) in [7, 11) is 1.19. The number of hydrogen-bond donors (Lipinski definition) is 8. The summed E-state index contributed by atoms with van der Waals surface area (Å²) in [6, 6.07) is 0. The van der Waals surface area contributed by atoms with Crippen molar-refractivity contribution in [1.82, 2.24) is 0 Å². The molecule has 0 bridgehead atoms. The highest BCUT2D eigenvalue weighted by Crippen LogP contribution is 2.61. The predicted molar refractivity (Wildman–Crippen MR) is 119 cm³/mol. The van der Waals surface area contributed by atoms with Gasteiger partial charge in [-0.3, -0.25) is 0 Å². The van der Waals surface area contributed by atoms with Crippen molar-refractivity contribution in [2.24, 2.45) is 11.8 Å². The first-order valence-electron chi connectivity index (χ1n) is 12.5. The van der Waals surface area contributed by atoms with E-state index in [9.17, 15) is 45.6 Å². The molecule has 4 heterocycles. The van der Waals surface area contributed by atoms with Crippen LogP contribution in [0.25, 0.3) is 0 Å². The molecule has 3 saturated heterocycles. The van der Waals surface area contributed by atoms with Crippen LogP contribution in [-0.4, -0.2) is 153 Å². The molecule has 16 atom stereocenters. The van der Waals surface area contributed by atoms with E-state index in [-0.39, 0.29) is 5.57 Å². The molecule has 1 saturated carbocycles. The molecule has 1 aliphatic carbocycles. The van der Waals surface area contributed by atoms with Crippen LogP contribution in [0.4, 0.5) is 0 Å². The van der Waals surface area contributed by atoms with E-state index >= 15 is 0 Å². The highest BCUT2D eigenvalue weighted by molar-refractivity contribution is 5.89. The first-order valence-corrected chi connectivity index (χ1v) is 12.5. The highest BCUT2D eigenvalue weighted by Gasteiger charge is 2.75. The zero-order valence-corrected chi connectivity index (χ0v) is 21.0. The van der Waals surface area contributed by atoms with Gasteiger partial charge in [0.25, 0.3) is 0 Å². The smallest absolute Gasteiger partial charge is 0.337 e. The van der Waals surface area contributed by atoms with Crippen LogP contribution in [0, 0.1) is 11.8 Å². The van der Waals surface area contributed by atoms with E-state index in [1.165, 1.54) is 7.11 Å². The van der Waals surface area contributed by atoms with Gasteiger partial charge in [-0.05, 0) is 6.92 Å². The van der Waals surface area contributed by atoms with E-state index in [1.54, 1.807) is 6.92 Å². The molecule has 5 unspecified atom stereocenters. The molecule has 0 radical (unpaired) electrons. The molecule has 0 aromatic carbocycles. The second-order valence-electron chi connectivity index (χ2n) is 10.5. The molecule has 0 aromatic rings. The van der Waals surface area contributed by atoms with Crippen LogP contribution in [0.3, 0.4) is 0 Å². The molecule has 0 amide bonds. The molecule has 222 valence electrons. The zero-order valence-electron chi connectivity index (χ0n) is 21.0. The van der Waals surface area contributed by atoms with Crippen molar-refractivity contribution in [3.63, 3.8) is 0 Å². The number of carbonyl (C=O) groups is 1. The van der Waals surface area contributed by atoms with E-state index in [0.29, 0.717) is 0 Å². The summed E-state index contributed by atoms with van der Waals surface area (Å²) in [5, 5.41) is 81.6. The number of esters is 1. The summed E-state index contributed by atoms with van der Waals surface area (Å²) in [6.07, 6.45) is -17.7. The number of rotatable bonds is 7. The average molecular weight is 567 g/mol. The van der Waals surface area contributed by atoms with Gasteiger partial charge in [0.1, 0.15) is 60.5 Å². The number of methoxy groups -OCH3 is 1. The van der Waals surface area contributed by atoms with Crippen molar-refractivity contribution in [1.29, 1.82) is 0 Å². The fourth-order valence-corrected chi connectivity index (χ4v) is 5.91. The van der Waals surface area contributed by atoms with Crippen LogP contribution >= 0.6 is 0 Å². The van der Waals surface area contributed by atoms with Crippen LogP contribution in [0.2, 0.25) is 0 Å². The van der Waals surface area contributed by atoms with Crippen molar-refractivity contribution in [3.05, 3.63) is 11.8 Å². The van der Waals surface area contributed by atoms with Crippen LogP contribution in [0.5, 0.6) is 0 Å². The van der Waals surface area contributed by atoms with Gasteiger partial charge in [0, 0.05) is 5.92 Å². The van der Waals surface area contributed by atoms with Crippen LogP contribution in [-0.2, 0) is 38.0 Å². The maximum Gasteiger partial charge on any atom is 0.337 e. The van der Waals surface area contributed by atoms with Crippen molar-refractivity contribution >= 4 is 5.97 Å². The third-order valence-corrected chi connectivity index (χ3v) is 8.23. The number of ether oxygens (including phenoxy) is 7. The summed E-state index contributed by atoms with van der Waals surface area (Å²) in [5.74, 6) is -2.22. The fourth-order valence-electron chi connectivity index (χ4n) is 5.91. The Bertz CT molecular complexity index is 945. The maximum atomic E-state index is 12.3. The Morgan fingerprint density at radius 3 is 2.13 bits per heavy atom. The number of carbonyl (C=O) groups excluding carboxylic acids is 1. The van der Waals surface area contributed by atoms with Crippen LogP contribution < -0.4 is 0 Å². The number of hydrogen-bond acceptors (Lipinski definition) is 16. The minimum atomic E-state index is -1.78. The number of epoxide rings is 1. The molecule has 4 aliphatic heterocycles. The van der Waals surface area contributed by atoms with Gasteiger partial charge >= 0.3 is 5.97 Å². The molecule has 39 heavy (non-hydrogen) atoms. The van der Waals surface area contributed by atoms with Crippen molar-refractivity contribution in [2.75, 3.05) is 20.3 Å². The zero-order chi connectivity index (χ0) is 28.4. The standard InChI is InChI=1S/C23H34O16/c1-23-10-9(13(27)18(23)39-23)6(19(32)33-2)4-34-20(10)38-22-17(31)15(29)12(26)8(37-22)5-35-21-16(30)14(28)11(25)7(3-24)36-21/h4,7-18,20-22,24-31H,3,5H2,1-2H3/t7-,8-,9-,10-,11?,12?,13+,14+,15+,16?,17?,18+,20+,21-,22?,23-/m1/s1. The summed E-state index contributed by atoms with van der Waals surface area (Å²) < 4.78 is 38.3. The first-order chi connectivity index (χ1) is 18.4. The molecule has 5 rings (SSSR count). The molecule has 0 aromatic heterocycles. The third kappa shape index (κ3) is 4.76. The number of aliphatic hydroxyl groups excluding tert-OH is 8. The summed E-state index contributed by atoms with van der Waals surface area (Å²) in [4.78, 5) is 12.3. The van der Waals surface area contributed by atoms with Gasteiger partial charge in [0.05, 0.1) is 44.2 Å². The average Bonchev–Trinajstić information content (AvgIpc) is 3.57. The van der Waals surface area contributed by atoms with Crippen LogP contribution in [0.1, 0.15) is 6.92 Å². The molecule has 16 nitrogen and oxygen atoms in total. The lowest BCUT2D eigenvalue weighted by Crippen LogP contribution is -2.62. The topological polar surface area (TPSA) is 247 Å². The lowest BCUT2D eigenvalue weighted by Gasteiger charge is -2.44. The molecular formula is C23H34O16. The summed E-state index contributed by atoms with van der Waals surface area (Å²) >= 11 is 0. The lowest BCUT2D eigenvalue weighted by molar-refractivity contribution is -0.355. The summed E-state index contributed by atoms with van der Waals surface area (Å²) in [6.45, 7) is 0.487. The van der Waals surface area contributed by atoms with Crippen LogP contribution in [0.15, 0.2) is 11.8 Å². The Kier molecular flexibility index (Phi) is 7.97. The quantitative estimate of drug-likeness (QED) is 0.106. The minimum absolute atomic E-state index is 0.0817. The Morgan fingerprint density at radius 2 is 1.49 bits per heavy atom. The maximum absolute atomic E-state index is 12.3. The predicted octanol–water partition coefficient (Wildman–Crippen LogP) is -5.20. The van der Waals surface area contributed by atoms with Gasteiger partial charge in [-0.15, -0.1) is 0 Å². The van der Waals surface area contributed by atoms with Gasteiger partial charge in [-0.2, -0.15) is 0 Å². The van der Waals surface area contributed by atoms with Gasteiger partial charge in [0.2, 0.25) is 6.29 Å². The summed E-state index contributed by atoms with van der Waals surface area (Å²) in [5.41, 5.74) is -0.843. The van der Waals surface area contributed by atoms with Gasteiger partial charge in [0.15, 0.2) is 12.6 Å². The third-order valence-electron chi connectivity index (χ3n) is 8.23. The normalized spacial score (nSPS) is 52.8. The van der Waals surface area contributed by atoms with E-state index in [4.69, 9.17) is 33.2 Å². The fraction of sp³-hybridized carbons (Fsp3) is 0.870. The molecule has 8 N–H and O–H groups in total. The molecule has 16 heteroatoms. The van der Waals surface area contributed by atoms with E-state index < -0.39 is 117 Å². The Labute approximate surface area is 221 Å². The monoisotopic (exact) mass is 566 g/mol. The first kappa shape index (κ1) is 29.0. The molecule has 5 aliphatic rings.